The summed E-state index contributed by atoms with van der Waals surface area (Å²) in [7, 11) is 1.55. The highest BCUT2D eigenvalue weighted by Gasteiger charge is 2.43. The maximum absolute atomic E-state index is 14.0. The molecule has 0 unspecified atom stereocenters. The smallest absolute Gasteiger partial charge is 0.274 e. The van der Waals surface area contributed by atoms with Gasteiger partial charge in [0.2, 0.25) is 5.43 Å². The third-order valence-corrected chi connectivity index (χ3v) is 5.57. The number of ether oxygens (including phenoxy) is 1. The van der Waals surface area contributed by atoms with E-state index in [4.69, 9.17) is 4.74 Å². The number of likely N-dealkylation sites (N-methyl/N-ethyl adjacent to an activating group) is 1. The van der Waals surface area contributed by atoms with Crippen LogP contribution < -0.4 is 10.7 Å². The molecule has 0 aliphatic carbocycles. The van der Waals surface area contributed by atoms with Gasteiger partial charge >= 0.3 is 0 Å². The number of hydrogen-bond donors (Lipinski definition) is 2. The van der Waals surface area contributed by atoms with Crippen LogP contribution in [0.3, 0.4) is 0 Å². The highest BCUT2D eigenvalue weighted by molar-refractivity contribution is 5.99. The first kappa shape index (κ1) is 20.0. The third kappa shape index (κ3) is 3.04. The minimum atomic E-state index is -1.04. The first-order chi connectivity index (χ1) is 14.2. The lowest BCUT2D eigenvalue weighted by molar-refractivity contribution is 0.0622. The standard InChI is InChI=1S/C20H19F2N3O5/c1-9-3-12(21)10(13(22)4-9)5-23-19(28)11-6-25-15-8-30-7-14(15)24(2)20(29)16(25)18(27)17(11)26/h3-4,6,14-15,27H,5,7-8H2,1-2H3,(H,23,28)/t14-,15-/m1/s1. The highest BCUT2D eigenvalue weighted by Crippen LogP contribution is 2.33. The number of aryl methyl sites for hydroxylation is 1. The van der Waals surface area contributed by atoms with Crippen LogP contribution in [0.25, 0.3) is 0 Å². The Hall–Kier alpha value is -3.27. The lowest BCUT2D eigenvalue weighted by Crippen LogP contribution is -2.49. The number of aromatic hydroxyl groups is 1. The number of carbonyl (C=O) groups excluding carboxylic acids is 2. The third-order valence-electron chi connectivity index (χ3n) is 5.57. The maximum Gasteiger partial charge on any atom is 0.274 e. The van der Waals surface area contributed by atoms with Crippen molar-refractivity contribution in [2.45, 2.75) is 25.6 Å². The minimum Gasteiger partial charge on any atom is -0.503 e. The van der Waals surface area contributed by atoms with Gasteiger partial charge in [0.25, 0.3) is 11.8 Å². The number of carbonyl (C=O) groups is 2. The van der Waals surface area contributed by atoms with E-state index in [0.717, 1.165) is 12.1 Å². The largest absolute Gasteiger partial charge is 0.503 e. The molecule has 1 fully saturated rings. The number of nitrogens with zero attached hydrogens (tertiary/aromatic N) is 2. The van der Waals surface area contributed by atoms with Crippen LogP contribution in [-0.4, -0.2) is 52.7 Å². The fourth-order valence-corrected chi connectivity index (χ4v) is 3.90. The molecule has 0 spiro atoms. The number of hydrogen-bond acceptors (Lipinski definition) is 5. The average molecular weight is 419 g/mol. The van der Waals surface area contributed by atoms with Crippen molar-refractivity contribution >= 4 is 11.8 Å². The van der Waals surface area contributed by atoms with Crippen LogP contribution >= 0.6 is 0 Å². The van der Waals surface area contributed by atoms with E-state index in [-0.39, 0.29) is 36.6 Å². The Bertz CT molecular complexity index is 1110. The Morgan fingerprint density at radius 2 is 1.87 bits per heavy atom. The van der Waals surface area contributed by atoms with Crippen LogP contribution in [0.15, 0.2) is 23.1 Å². The quantitative estimate of drug-likeness (QED) is 0.776. The molecule has 30 heavy (non-hydrogen) atoms. The first-order valence-corrected chi connectivity index (χ1v) is 9.26. The lowest BCUT2D eigenvalue weighted by atomic mass is 10.0. The number of amides is 2. The molecule has 1 aromatic carbocycles. The van der Waals surface area contributed by atoms with E-state index in [0.29, 0.717) is 5.56 Å². The monoisotopic (exact) mass is 419 g/mol. The summed E-state index contributed by atoms with van der Waals surface area (Å²) >= 11 is 0. The zero-order valence-electron chi connectivity index (χ0n) is 16.2. The number of halogens is 2. The second-order valence-electron chi connectivity index (χ2n) is 7.45. The summed E-state index contributed by atoms with van der Waals surface area (Å²) in [4.78, 5) is 39.1. The van der Waals surface area contributed by atoms with Crippen molar-refractivity contribution in [3.8, 4) is 5.75 Å². The molecule has 3 heterocycles. The number of pyridine rings is 1. The number of rotatable bonds is 3. The summed E-state index contributed by atoms with van der Waals surface area (Å²) in [6.45, 7) is 1.56. The van der Waals surface area contributed by atoms with Crippen molar-refractivity contribution in [2.24, 2.45) is 0 Å². The van der Waals surface area contributed by atoms with Crippen molar-refractivity contribution in [3.63, 3.8) is 0 Å². The molecule has 158 valence electrons. The van der Waals surface area contributed by atoms with Crippen LogP contribution in [0.5, 0.6) is 5.75 Å². The molecule has 1 saturated heterocycles. The first-order valence-electron chi connectivity index (χ1n) is 9.26. The molecule has 2 aliphatic rings. The zero-order chi connectivity index (χ0) is 21.7. The van der Waals surface area contributed by atoms with Gasteiger partial charge in [-0.3, -0.25) is 14.4 Å². The number of aromatic nitrogens is 1. The number of fused-ring (bicyclic) bond motifs is 3. The van der Waals surface area contributed by atoms with Gasteiger partial charge in [-0.15, -0.1) is 0 Å². The van der Waals surface area contributed by atoms with Gasteiger partial charge in [0.1, 0.15) is 17.2 Å². The van der Waals surface area contributed by atoms with Crippen LogP contribution in [0.2, 0.25) is 0 Å². The van der Waals surface area contributed by atoms with Gasteiger partial charge in [-0.25, -0.2) is 8.78 Å². The van der Waals surface area contributed by atoms with Crippen LogP contribution in [0.4, 0.5) is 8.78 Å². The van der Waals surface area contributed by atoms with Crippen molar-refractivity contribution in [1.82, 2.24) is 14.8 Å². The summed E-state index contributed by atoms with van der Waals surface area (Å²) in [5.41, 5.74) is -1.66. The fraction of sp³-hybridized carbons (Fsp3) is 0.350. The molecular weight excluding hydrogens is 400 g/mol. The molecule has 0 bridgehead atoms. The van der Waals surface area contributed by atoms with Gasteiger partial charge in [-0.2, -0.15) is 0 Å². The predicted octanol–water partition coefficient (Wildman–Crippen LogP) is 1.10. The van der Waals surface area contributed by atoms with E-state index in [1.807, 2.05) is 0 Å². The summed E-state index contributed by atoms with van der Waals surface area (Å²) in [5, 5.41) is 12.7. The molecule has 8 nitrogen and oxygen atoms in total. The number of nitrogens with one attached hydrogen (secondary N) is 1. The predicted molar refractivity (Wildman–Crippen MR) is 100 cm³/mol. The van der Waals surface area contributed by atoms with Crippen molar-refractivity contribution in [2.75, 3.05) is 20.3 Å². The van der Waals surface area contributed by atoms with Gasteiger partial charge < -0.3 is 24.6 Å². The Labute approximate surface area is 169 Å². The lowest BCUT2D eigenvalue weighted by Gasteiger charge is -2.36. The Morgan fingerprint density at radius 1 is 1.23 bits per heavy atom. The molecule has 2 atom stereocenters. The molecule has 2 aliphatic heterocycles. The molecule has 0 radical (unpaired) electrons. The van der Waals surface area contributed by atoms with E-state index >= 15 is 0 Å². The second kappa shape index (κ2) is 7.21. The van der Waals surface area contributed by atoms with Crippen molar-refractivity contribution in [3.05, 3.63) is 62.6 Å². The molecular formula is C20H19F2N3O5. The van der Waals surface area contributed by atoms with Gasteiger partial charge in [0, 0.05) is 25.4 Å². The highest BCUT2D eigenvalue weighted by atomic mass is 19.1. The average Bonchev–Trinajstić information content (AvgIpc) is 3.17. The van der Waals surface area contributed by atoms with Crippen LogP contribution in [-0.2, 0) is 11.3 Å². The molecule has 10 heteroatoms. The fourth-order valence-electron chi connectivity index (χ4n) is 3.90. The van der Waals surface area contributed by atoms with Gasteiger partial charge in [-0.1, -0.05) is 0 Å². The normalized spacial score (nSPS) is 20.1. The molecule has 2 amide bonds. The molecule has 2 N–H and O–H groups in total. The van der Waals surface area contributed by atoms with Crippen LogP contribution in [0.1, 0.15) is 38.0 Å². The van der Waals surface area contributed by atoms with Crippen molar-refractivity contribution < 1.29 is 28.2 Å². The van der Waals surface area contributed by atoms with E-state index in [1.54, 1.807) is 7.05 Å². The van der Waals surface area contributed by atoms with Gasteiger partial charge in [0.15, 0.2) is 11.4 Å². The molecule has 4 rings (SSSR count). The second-order valence-corrected chi connectivity index (χ2v) is 7.45. The summed E-state index contributed by atoms with van der Waals surface area (Å²) in [5.74, 6) is -3.98. The van der Waals surface area contributed by atoms with Crippen molar-refractivity contribution in [1.29, 1.82) is 0 Å². The molecule has 1 aromatic heterocycles. The molecule has 2 aromatic rings. The van der Waals surface area contributed by atoms with E-state index in [9.17, 15) is 28.3 Å². The Balaban J connectivity index is 1.68. The van der Waals surface area contributed by atoms with Gasteiger partial charge in [0.05, 0.1) is 25.3 Å². The summed E-state index contributed by atoms with van der Waals surface area (Å²) in [6, 6.07) is 1.57. The van der Waals surface area contributed by atoms with E-state index in [2.05, 4.69) is 5.32 Å². The summed E-state index contributed by atoms with van der Waals surface area (Å²) in [6.07, 6.45) is 1.19. The van der Waals surface area contributed by atoms with E-state index < -0.39 is 46.7 Å². The Morgan fingerprint density at radius 3 is 2.53 bits per heavy atom. The molecule has 0 saturated carbocycles. The number of benzene rings is 1. The topological polar surface area (TPSA) is 101 Å². The zero-order valence-corrected chi connectivity index (χ0v) is 16.2. The van der Waals surface area contributed by atoms with Gasteiger partial charge in [-0.05, 0) is 24.6 Å². The van der Waals surface area contributed by atoms with Crippen LogP contribution in [0, 0.1) is 18.6 Å². The minimum absolute atomic E-state index is 0.221. The maximum atomic E-state index is 14.0. The van der Waals surface area contributed by atoms with E-state index in [1.165, 1.54) is 22.6 Å². The summed E-state index contributed by atoms with van der Waals surface area (Å²) < 4.78 is 34.8. The SMILES string of the molecule is Cc1cc(F)c(CNC(=O)c2cn3c(c(O)c2=O)C(=O)N(C)[C@@H]2COC[C@H]23)c(F)c1. The Kier molecular flexibility index (Phi) is 4.81.